The van der Waals surface area contributed by atoms with Crippen molar-refractivity contribution in [2.24, 2.45) is 0 Å². The number of halogens is 1. The number of piperidine rings is 1. The molecular formula is C14H21ClN2O2S. The Hall–Kier alpha value is -0.620. The molecule has 0 amide bonds. The maximum Gasteiger partial charge on any atom is 0.244 e. The second-order valence-electron chi connectivity index (χ2n) is 5.16. The molecule has 1 aromatic rings. The maximum atomic E-state index is 12.4. The monoisotopic (exact) mass is 316 g/mol. The first kappa shape index (κ1) is 15.8. The van der Waals surface area contributed by atoms with Gasteiger partial charge in [-0.2, -0.15) is 4.31 Å². The summed E-state index contributed by atoms with van der Waals surface area (Å²) in [6.07, 6.45) is 3.70. The van der Waals surface area contributed by atoms with E-state index in [0.717, 1.165) is 19.6 Å². The Morgan fingerprint density at radius 1 is 1.20 bits per heavy atom. The lowest BCUT2D eigenvalue weighted by Gasteiger charge is -2.28. The van der Waals surface area contributed by atoms with E-state index in [1.807, 2.05) is 0 Å². The van der Waals surface area contributed by atoms with Gasteiger partial charge < -0.3 is 4.90 Å². The molecule has 1 aliphatic heterocycles. The molecule has 1 heterocycles. The molecule has 0 spiro atoms. The van der Waals surface area contributed by atoms with Gasteiger partial charge in [-0.3, -0.25) is 0 Å². The molecular weight excluding hydrogens is 296 g/mol. The summed E-state index contributed by atoms with van der Waals surface area (Å²) in [6, 6.07) is 6.58. The summed E-state index contributed by atoms with van der Waals surface area (Å²) in [4.78, 5) is 2.50. The van der Waals surface area contributed by atoms with Crippen LogP contribution in [0, 0.1) is 0 Å². The Morgan fingerprint density at radius 3 is 2.50 bits per heavy atom. The van der Waals surface area contributed by atoms with Crippen LogP contribution in [0.25, 0.3) is 0 Å². The zero-order valence-corrected chi connectivity index (χ0v) is 13.3. The molecule has 0 aliphatic carbocycles. The third kappa shape index (κ3) is 3.73. The Morgan fingerprint density at radius 2 is 1.85 bits per heavy atom. The van der Waals surface area contributed by atoms with Gasteiger partial charge in [-0.25, -0.2) is 8.42 Å². The van der Waals surface area contributed by atoms with Crippen LogP contribution in [0.1, 0.15) is 19.3 Å². The molecule has 1 aliphatic rings. The average Bonchev–Trinajstić information content (AvgIpc) is 2.46. The van der Waals surface area contributed by atoms with Gasteiger partial charge in [-0.1, -0.05) is 30.2 Å². The standard InChI is InChI=1S/C14H21ClN2O2S/c1-16(11-12-17-9-5-2-6-10-17)20(18,19)14-8-4-3-7-13(14)15/h3-4,7-8H,2,5-6,9-12H2,1H3. The number of likely N-dealkylation sites (tertiary alicyclic amines) is 1. The fourth-order valence-corrected chi connectivity index (χ4v) is 4.06. The van der Waals surface area contributed by atoms with E-state index in [1.165, 1.54) is 23.6 Å². The highest BCUT2D eigenvalue weighted by molar-refractivity contribution is 7.89. The van der Waals surface area contributed by atoms with Crippen LogP contribution in [0.5, 0.6) is 0 Å². The highest BCUT2D eigenvalue weighted by Crippen LogP contribution is 2.23. The van der Waals surface area contributed by atoms with Crippen molar-refractivity contribution in [3.63, 3.8) is 0 Å². The van der Waals surface area contributed by atoms with Gasteiger partial charge >= 0.3 is 0 Å². The number of sulfonamides is 1. The van der Waals surface area contributed by atoms with Crippen molar-refractivity contribution in [3.8, 4) is 0 Å². The molecule has 1 fully saturated rings. The quantitative estimate of drug-likeness (QED) is 0.838. The minimum absolute atomic E-state index is 0.183. The topological polar surface area (TPSA) is 40.6 Å². The van der Waals surface area contributed by atoms with Crippen LogP contribution in [-0.4, -0.2) is 50.8 Å². The number of rotatable bonds is 5. The van der Waals surface area contributed by atoms with Crippen molar-refractivity contribution in [3.05, 3.63) is 29.3 Å². The highest BCUT2D eigenvalue weighted by Gasteiger charge is 2.23. The summed E-state index contributed by atoms with van der Waals surface area (Å²) >= 11 is 5.99. The summed E-state index contributed by atoms with van der Waals surface area (Å²) in [5, 5.41) is 0.275. The van der Waals surface area contributed by atoms with Gasteiger partial charge in [0.2, 0.25) is 10.0 Å². The van der Waals surface area contributed by atoms with Crippen molar-refractivity contribution in [2.75, 3.05) is 33.2 Å². The van der Waals surface area contributed by atoms with E-state index in [4.69, 9.17) is 11.6 Å². The maximum absolute atomic E-state index is 12.4. The fourth-order valence-electron chi connectivity index (χ4n) is 2.41. The second-order valence-corrected chi connectivity index (χ2v) is 7.58. The Kier molecular flexibility index (Phi) is 5.43. The molecule has 0 aromatic heterocycles. The lowest BCUT2D eigenvalue weighted by Crippen LogP contribution is -2.38. The summed E-state index contributed by atoms with van der Waals surface area (Å²) in [6.45, 7) is 3.41. The van der Waals surface area contributed by atoms with Gasteiger partial charge in [0.1, 0.15) is 4.90 Å². The molecule has 0 bridgehead atoms. The van der Waals surface area contributed by atoms with Crippen molar-refractivity contribution < 1.29 is 8.42 Å². The van der Waals surface area contributed by atoms with Gasteiger partial charge in [-0.15, -0.1) is 0 Å². The van der Waals surface area contributed by atoms with Gasteiger partial charge in [0.15, 0.2) is 0 Å². The molecule has 2 rings (SSSR count). The molecule has 0 radical (unpaired) electrons. The minimum Gasteiger partial charge on any atom is -0.302 e. The Labute approximate surface area is 126 Å². The van der Waals surface area contributed by atoms with Gasteiger partial charge in [0.25, 0.3) is 0 Å². The molecule has 1 saturated heterocycles. The van der Waals surface area contributed by atoms with Gasteiger partial charge in [0, 0.05) is 20.1 Å². The number of hydrogen-bond acceptors (Lipinski definition) is 3. The fraction of sp³-hybridized carbons (Fsp3) is 0.571. The molecule has 112 valence electrons. The molecule has 0 N–H and O–H groups in total. The van der Waals surface area contributed by atoms with Gasteiger partial charge in [-0.05, 0) is 38.1 Å². The zero-order valence-electron chi connectivity index (χ0n) is 11.8. The molecule has 0 atom stereocenters. The van der Waals surface area contributed by atoms with Crippen molar-refractivity contribution in [2.45, 2.75) is 24.2 Å². The zero-order chi connectivity index (χ0) is 14.6. The van der Waals surface area contributed by atoms with Crippen molar-refractivity contribution in [1.29, 1.82) is 0 Å². The summed E-state index contributed by atoms with van der Waals surface area (Å²) in [5.41, 5.74) is 0. The average molecular weight is 317 g/mol. The third-order valence-corrected chi connectivity index (χ3v) is 6.06. The first-order chi connectivity index (χ1) is 9.51. The molecule has 20 heavy (non-hydrogen) atoms. The van der Waals surface area contributed by atoms with E-state index in [9.17, 15) is 8.42 Å². The molecule has 1 aromatic carbocycles. The van der Waals surface area contributed by atoms with E-state index in [1.54, 1.807) is 31.3 Å². The van der Waals surface area contributed by atoms with Crippen LogP contribution in [0.4, 0.5) is 0 Å². The van der Waals surface area contributed by atoms with Crippen LogP contribution < -0.4 is 0 Å². The Balaban J connectivity index is 2.00. The predicted molar refractivity (Wildman–Crippen MR) is 81.6 cm³/mol. The molecule has 0 saturated carbocycles. The number of likely N-dealkylation sites (N-methyl/N-ethyl adjacent to an activating group) is 1. The summed E-state index contributed by atoms with van der Waals surface area (Å²) in [7, 11) is -1.88. The second kappa shape index (κ2) is 6.89. The highest BCUT2D eigenvalue weighted by atomic mass is 35.5. The number of nitrogens with zero attached hydrogens (tertiary/aromatic N) is 2. The van der Waals surface area contributed by atoms with Crippen LogP contribution in [0.15, 0.2) is 29.2 Å². The summed E-state index contributed by atoms with van der Waals surface area (Å²) in [5.74, 6) is 0. The smallest absolute Gasteiger partial charge is 0.244 e. The number of hydrogen-bond donors (Lipinski definition) is 0. The molecule has 0 unspecified atom stereocenters. The first-order valence-corrected chi connectivity index (χ1v) is 8.77. The first-order valence-electron chi connectivity index (χ1n) is 6.95. The Bertz CT molecular complexity index is 542. The SMILES string of the molecule is CN(CCN1CCCCC1)S(=O)(=O)c1ccccc1Cl. The van der Waals surface area contributed by atoms with E-state index in [-0.39, 0.29) is 9.92 Å². The number of benzene rings is 1. The summed E-state index contributed by atoms with van der Waals surface area (Å²) < 4.78 is 26.3. The van der Waals surface area contributed by atoms with Crippen LogP contribution in [0.3, 0.4) is 0 Å². The van der Waals surface area contributed by atoms with E-state index in [2.05, 4.69) is 4.90 Å². The van der Waals surface area contributed by atoms with Crippen LogP contribution >= 0.6 is 11.6 Å². The van der Waals surface area contributed by atoms with E-state index < -0.39 is 10.0 Å². The normalized spacial score (nSPS) is 17.6. The van der Waals surface area contributed by atoms with Crippen LogP contribution in [0.2, 0.25) is 5.02 Å². The minimum atomic E-state index is -3.50. The predicted octanol–water partition coefficient (Wildman–Crippen LogP) is 2.45. The van der Waals surface area contributed by atoms with Gasteiger partial charge in [0.05, 0.1) is 5.02 Å². The third-order valence-electron chi connectivity index (χ3n) is 3.70. The van der Waals surface area contributed by atoms with Crippen molar-refractivity contribution in [1.82, 2.24) is 9.21 Å². The lowest BCUT2D eigenvalue weighted by atomic mass is 10.1. The van der Waals surface area contributed by atoms with Crippen molar-refractivity contribution >= 4 is 21.6 Å². The molecule has 6 heteroatoms. The van der Waals surface area contributed by atoms with E-state index >= 15 is 0 Å². The lowest BCUT2D eigenvalue weighted by molar-refractivity contribution is 0.218. The van der Waals surface area contributed by atoms with E-state index in [0.29, 0.717) is 6.54 Å². The van der Waals surface area contributed by atoms with Crippen LogP contribution in [-0.2, 0) is 10.0 Å². The molecule has 4 nitrogen and oxygen atoms in total. The largest absolute Gasteiger partial charge is 0.302 e.